The molecule has 0 unspecified atom stereocenters. The number of aromatic nitrogens is 4. The van der Waals surface area contributed by atoms with Gasteiger partial charge in [0.2, 0.25) is 0 Å². The van der Waals surface area contributed by atoms with Crippen LogP contribution in [0.25, 0.3) is 44.2 Å². The summed E-state index contributed by atoms with van der Waals surface area (Å²) in [6, 6.07) is 13.9. The number of benzene rings is 2. The number of hydrogen-bond donors (Lipinski definition) is 1. The molecule has 0 aliphatic carbocycles. The van der Waals surface area contributed by atoms with Crippen LogP contribution in [0.2, 0.25) is 0 Å². The molecule has 0 radical (unpaired) electrons. The van der Waals surface area contributed by atoms with Crippen molar-refractivity contribution in [3.8, 4) is 28.1 Å². The lowest BCUT2D eigenvalue weighted by Crippen LogP contribution is -2.19. The van der Waals surface area contributed by atoms with Crippen LogP contribution in [-0.2, 0) is 18.8 Å². The highest BCUT2D eigenvalue weighted by atomic mass is 16.5. The Balaban J connectivity index is 1.62. The van der Waals surface area contributed by atoms with Gasteiger partial charge in [-0.2, -0.15) is 0 Å². The van der Waals surface area contributed by atoms with E-state index in [1.807, 2.05) is 31.4 Å². The maximum atomic E-state index is 12.7. The molecule has 200 valence electrons. The Morgan fingerprint density at radius 3 is 2.51 bits per heavy atom. The zero-order valence-corrected chi connectivity index (χ0v) is 22.6. The van der Waals surface area contributed by atoms with E-state index >= 15 is 0 Å². The maximum Gasteiger partial charge on any atom is 0.358 e. The van der Waals surface area contributed by atoms with E-state index in [0.717, 1.165) is 38.5 Å². The average Bonchev–Trinajstić information content (AvgIpc) is 3.15. The first-order chi connectivity index (χ1) is 18.7. The SMILES string of the molecule is COCCOc1cc(-c2cc3cccc(-c4cc(C(C)C)c5c(c4)n(C)c(=O)n5C)c3cn2)cnc1C(=O)O. The summed E-state index contributed by atoms with van der Waals surface area (Å²) in [6.07, 6.45) is 3.31. The standard InChI is InChI=1S/C30H30N4O5/c1-17(2)22-11-19(13-25-28(22)34(4)30(37)33(25)3)21-8-6-7-18-12-24(31-16-23(18)21)20-14-26(39-10-9-38-5)27(29(35)36)32-15-20/h6-8,11-17H,9-10H2,1-5H3,(H,35,36). The van der Waals surface area contributed by atoms with Gasteiger partial charge in [-0.15, -0.1) is 0 Å². The minimum absolute atomic E-state index is 0.0543. The number of carboxylic acid groups (broad SMARTS) is 1. The lowest BCUT2D eigenvalue weighted by atomic mass is 9.93. The normalized spacial score (nSPS) is 11.5. The van der Waals surface area contributed by atoms with Gasteiger partial charge in [-0.25, -0.2) is 14.6 Å². The van der Waals surface area contributed by atoms with Gasteiger partial charge in [0.05, 0.1) is 23.3 Å². The number of hydrogen-bond acceptors (Lipinski definition) is 6. The maximum absolute atomic E-state index is 12.7. The first-order valence-corrected chi connectivity index (χ1v) is 12.6. The van der Waals surface area contributed by atoms with Gasteiger partial charge < -0.3 is 14.6 Å². The van der Waals surface area contributed by atoms with Crippen molar-refractivity contribution < 1.29 is 19.4 Å². The molecule has 3 heterocycles. The Labute approximate surface area is 225 Å². The zero-order valence-electron chi connectivity index (χ0n) is 22.6. The number of rotatable bonds is 8. The monoisotopic (exact) mass is 526 g/mol. The van der Waals surface area contributed by atoms with Crippen LogP contribution in [0.3, 0.4) is 0 Å². The molecule has 0 saturated carbocycles. The fourth-order valence-electron chi connectivity index (χ4n) is 4.95. The number of imidazole rings is 1. The molecule has 3 aromatic heterocycles. The molecule has 0 fully saturated rings. The van der Waals surface area contributed by atoms with Gasteiger partial charge >= 0.3 is 11.7 Å². The molecule has 0 aliphatic heterocycles. The van der Waals surface area contributed by atoms with E-state index in [4.69, 9.17) is 14.5 Å². The third kappa shape index (κ3) is 4.66. The molecular weight excluding hydrogens is 496 g/mol. The second-order valence-electron chi connectivity index (χ2n) is 9.80. The second kappa shape index (κ2) is 10.3. The van der Waals surface area contributed by atoms with Crippen molar-refractivity contribution in [2.75, 3.05) is 20.3 Å². The first-order valence-electron chi connectivity index (χ1n) is 12.6. The predicted octanol–water partition coefficient (Wildman–Crippen LogP) is 5.00. The van der Waals surface area contributed by atoms with Crippen molar-refractivity contribution >= 4 is 27.8 Å². The summed E-state index contributed by atoms with van der Waals surface area (Å²) >= 11 is 0. The van der Waals surface area contributed by atoms with Crippen molar-refractivity contribution in [2.45, 2.75) is 19.8 Å². The third-order valence-corrected chi connectivity index (χ3v) is 6.98. The van der Waals surface area contributed by atoms with Crippen molar-refractivity contribution in [3.63, 3.8) is 0 Å². The topological polar surface area (TPSA) is 108 Å². The molecule has 0 aliphatic rings. The van der Waals surface area contributed by atoms with Crippen molar-refractivity contribution in [1.29, 1.82) is 0 Å². The van der Waals surface area contributed by atoms with E-state index in [2.05, 4.69) is 37.0 Å². The molecular formula is C30H30N4O5. The van der Waals surface area contributed by atoms with E-state index in [1.54, 1.807) is 29.4 Å². The molecule has 9 heteroatoms. The number of aryl methyl sites for hydroxylation is 2. The van der Waals surface area contributed by atoms with Crippen LogP contribution in [0, 0.1) is 0 Å². The number of carboxylic acids is 1. The van der Waals surface area contributed by atoms with Gasteiger partial charge in [-0.3, -0.25) is 14.1 Å². The number of methoxy groups -OCH3 is 1. The fourth-order valence-corrected chi connectivity index (χ4v) is 4.95. The molecule has 0 bridgehead atoms. The molecule has 0 atom stereocenters. The number of carbonyl (C=O) groups is 1. The minimum Gasteiger partial charge on any atom is -0.489 e. The van der Waals surface area contributed by atoms with Gasteiger partial charge in [0.1, 0.15) is 6.61 Å². The lowest BCUT2D eigenvalue weighted by Gasteiger charge is -2.14. The number of nitrogens with zero attached hydrogens (tertiary/aromatic N) is 4. The Morgan fingerprint density at radius 1 is 1.00 bits per heavy atom. The van der Waals surface area contributed by atoms with Gasteiger partial charge in [-0.1, -0.05) is 32.0 Å². The van der Waals surface area contributed by atoms with Crippen LogP contribution in [0.15, 0.2) is 59.7 Å². The predicted molar refractivity (Wildman–Crippen MR) is 151 cm³/mol. The highest BCUT2D eigenvalue weighted by molar-refractivity contribution is 6.00. The number of ether oxygens (including phenoxy) is 2. The average molecular weight is 527 g/mol. The summed E-state index contributed by atoms with van der Waals surface area (Å²) in [7, 11) is 5.16. The van der Waals surface area contributed by atoms with Crippen molar-refractivity contribution in [3.05, 3.63) is 76.6 Å². The molecule has 0 saturated heterocycles. The summed E-state index contributed by atoms with van der Waals surface area (Å²) in [5.41, 5.74) is 6.02. The molecule has 1 N–H and O–H groups in total. The minimum atomic E-state index is -1.17. The van der Waals surface area contributed by atoms with Gasteiger partial charge in [0.15, 0.2) is 11.4 Å². The van der Waals surface area contributed by atoms with Gasteiger partial charge in [0.25, 0.3) is 0 Å². The molecule has 9 nitrogen and oxygen atoms in total. The van der Waals surface area contributed by atoms with Crippen LogP contribution in [0.4, 0.5) is 0 Å². The number of aromatic carboxylic acids is 1. The van der Waals surface area contributed by atoms with E-state index in [9.17, 15) is 14.7 Å². The molecule has 0 amide bonds. The quantitative estimate of drug-likeness (QED) is 0.283. The molecule has 0 spiro atoms. The first kappa shape index (κ1) is 26.1. The van der Waals surface area contributed by atoms with Crippen LogP contribution in [-0.4, -0.2) is 50.5 Å². The Bertz CT molecular complexity index is 1780. The largest absolute Gasteiger partial charge is 0.489 e. The molecule has 39 heavy (non-hydrogen) atoms. The van der Waals surface area contributed by atoms with Gasteiger partial charge in [0, 0.05) is 44.5 Å². The Morgan fingerprint density at radius 2 is 1.79 bits per heavy atom. The van der Waals surface area contributed by atoms with Crippen LogP contribution >= 0.6 is 0 Å². The van der Waals surface area contributed by atoms with Crippen LogP contribution in [0.1, 0.15) is 35.8 Å². The van der Waals surface area contributed by atoms with Crippen molar-refractivity contribution in [1.82, 2.24) is 19.1 Å². The van der Waals surface area contributed by atoms with E-state index in [0.29, 0.717) is 17.9 Å². The van der Waals surface area contributed by atoms with Gasteiger partial charge in [-0.05, 0) is 52.3 Å². The van der Waals surface area contributed by atoms with E-state index < -0.39 is 5.97 Å². The van der Waals surface area contributed by atoms with Crippen LogP contribution < -0.4 is 10.4 Å². The summed E-state index contributed by atoms with van der Waals surface area (Å²) in [4.78, 5) is 33.2. The summed E-state index contributed by atoms with van der Waals surface area (Å²) in [5.74, 6) is -0.781. The summed E-state index contributed by atoms with van der Waals surface area (Å²) in [5, 5.41) is 11.4. The Kier molecular flexibility index (Phi) is 6.93. The molecule has 5 aromatic rings. The highest BCUT2D eigenvalue weighted by Gasteiger charge is 2.19. The molecule has 5 rings (SSSR count). The summed E-state index contributed by atoms with van der Waals surface area (Å²) in [6.45, 7) is 4.78. The lowest BCUT2D eigenvalue weighted by molar-refractivity contribution is 0.0682. The highest BCUT2D eigenvalue weighted by Crippen LogP contribution is 2.35. The third-order valence-electron chi connectivity index (χ3n) is 6.98. The fraction of sp³-hybridized carbons (Fsp3) is 0.267. The Hall–Kier alpha value is -4.50. The van der Waals surface area contributed by atoms with E-state index in [-0.39, 0.29) is 29.7 Å². The number of fused-ring (bicyclic) bond motifs is 2. The van der Waals surface area contributed by atoms with Crippen molar-refractivity contribution in [2.24, 2.45) is 14.1 Å². The van der Waals surface area contributed by atoms with E-state index in [1.165, 1.54) is 6.20 Å². The zero-order chi connectivity index (χ0) is 27.8. The number of pyridine rings is 2. The molecule has 2 aromatic carbocycles. The van der Waals surface area contributed by atoms with Crippen LogP contribution in [0.5, 0.6) is 5.75 Å². The second-order valence-corrected chi connectivity index (χ2v) is 9.80. The smallest absolute Gasteiger partial charge is 0.358 e. The summed E-state index contributed by atoms with van der Waals surface area (Å²) < 4.78 is 14.0.